The molecule has 0 saturated carbocycles. The number of ether oxygens (including phenoxy) is 1. The van der Waals surface area contributed by atoms with E-state index in [1.54, 1.807) is 42.5 Å². The number of rotatable bonds is 5. The Morgan fingerprint density at radius 1 is 1.04 bits per heavy atom. The van der Waals surface area contributed by atoms with Crippen molar-refractivity contribution >= 4 is 11.0 Å². The number of nitrogens with zero attached hydrogens (tertiary/aromatic N) is 2. The van der Waals surface area contributed by atoms with Gasteiger partial charge in [0.15, 0.2) is 0 Å². The summed E-state index contributed by atoms with van der Waals surface area (Å²) < 4.78 is 45.9. The number of para-hydroxylation sites is 3. The van der Waals surface area contributed by atoms with Gasteiger partial charge in [-0.3, -0.25) is 0 Å². The third kappa shape index (κ3) is 3.51. The normalized spacial score (nSPS) is 13.2. The maximum absolute atomic E-state index is 13.2. The quantitative estimate of drug-likeness (QED) is 0.776. The van der Waals surface area contributed by atoms with Gasteiger partial charge >= 0.3 is 6.18 Å². The van der Waals surface area contributed by atoms with Crippen LogP contribution in [0.25, 0.3) is 11.0 Å². The van der Waals surface area contributed by atoms with E-state index in [1.165, 1.54) is 6.07 Å². The largest absolute Gasteiger partial charge is 0.491 e. The third-order valence-corrected chi connectivity index (χ3v) is 3.49. The highest BCUT2D eigenvalue weighted by atomic mass is 19.4. The van der Waals surface area contributed by atoms with Gasteiger partial charge in [0.1, 0.15) is 18.5 Å². The Morgan fingerprint density at radius 3 is 2.42 bits per heavy atom. The van der Waals surface area contributed by atoms with Gasteiger partial charge in [0.25, 0.3) is 0 Å². The van der Waals surface area contributed by atoms with Crippen molar-refractivity contribution in [3.63, 3.8) is 0 Å². The highest BCUT2D eigenvalue weighted by Gasteiger charge is 2.37. The molecule has 0 radical (unpaired) electrons. The molecule has 1 N–H and O–H groups in total. The maximum Gasteiger partial charge on any atom is 0.449 e. The first-order valence-electron chi connectivity index (χ1n) is 7.33. The first kappa shape index (κ1) is 16.3. The highest BCUT2D eigenvalue weighted by Crippen LogP contribution is 2.31. The molecule has 24 heavy (non-hydrogen) atoms. The molecule has 0 spiro atoms. The van der Waals surface area contributed by atoms with Crippen LogP contribution >= 0.6 is 0 Å². The van der Waals surface area contributed by atoms with E-state index in [0.29, 0.717) is 11.3 Å². The highest BCUT2D eigenvalue weighted by molar-refractivity contribution is 5.76. The molecule has 4 nitrogen and oxygen atoms in total. The molecule has 1 heterocycles. The molecule has 2 aromatic carbocycles. The lowest BCUT2D eigenvalue weighted by molar-refractivity contribution is -0.147. The van der Waals surface area contributed by atoms with Gasteiger partial charge in [-0.2, -0.15) is 13.2 Å². The number of aromatic nitrogens is 2. The predicted octanol–water partition coefficient (Wildman–Crippen LogP) is 3.50. The summed E-state index contributed by atoms with van der Waals surface area (Å²) in [4.78, 5) is 3.64. The molecule has 1 atom stereocenters. The fraction of sp³-hybridized carbons (Fsp3) is 0.235. The van der Waals surface area contributed by atoms with Crippen molar-refractivity contribution < 1.29 is 23.0 Å². The van der Waals surface area contributed by atoms with Gasteiger partial charge in [-0.05, 0) is 24.3 Å². The molecule has 3 aromatic rings. The van der Waals surface area contributed by atoms with Crippen molar-refractivity contribution in [2.75, 3.05) is 6.61 Å². The predicted molar refractivity (Wildman–Crippen MR) is 82.7 cm³/mol. The second-order valence-corrected chi connectivity index (χ2v) is 5.31. The molecule has 126 valence electrons. The van der Waals surface area contributed by atoms with Crippen LogP contribution in [0.2, 0.25) is 0 Å². The number of benzene rings is 2. The zero-order valence-corrected chi connectivity index (χ0v) is 12.6. The Labute approximate surface area is 136 Å². The van der Waals surface area contributed by atoms with Crippen LogP contribution in [-0.2, 0) is 12.7 Å². The van der Waals surface area contributed by atoms with Crippen molar-refractivity contribution in [3.05, 3.63) is 60.4 Å². The van der Waals surface area contributed by atoms with Crippen LogP contribution in [0.4, 0.5) is 13.2 Å². The minimum Gasteiger partial charge on any atom is -0.491 e. The number of hydrogen-bond acceptors (Lipinski definition) is 3. The second kappa shape index (κ2) is 6.52. The summed E-state index contributed by atoms with van der Waals surface area (Å²) in [5.41, 5.74) is 0.560. The number of imidazole rings is 1. The summed E-state index contributed by atoms with van der Waals surface area (Å²) in [6, 6.07) is 15.1. The summed E-state index contributed by atoms with van der Waals surface area (Å²) in [5.74, 6) is -0.481. The Morgan fingerprint density at radius 2 is 1.71 bits per heavy atom. The zero-order chi connectivity index (χ0) is 17.2. The summed E-state index contributed by atoms with van der Waals surface area (Å²) in [6.07, 6.45) is -5.71. The van der Waals surface area contributed by atoms with Gasteiger partial charge in [-0.25, -0.2) is 4.98 Å². The average molecular weight is 336 g/mol. The molecule has 3 rings (SSSR count). The molecule has 0 bridgehead atoms. The molecule has 7 heteroatoms. The van der Waals surface area contributed by atoms with E-state index >= 15 is 0 Å². The molecule has 0 saturated heterocycles. The lowest BCUT2D eigenvalue weighted by atomic mass is 10.3. The molecule has 0 aliphatic rings. The number of fused-ring (bicyclic) bond motifs is 1. The number of aliphatic hydroxyl groups excluding tert-OH is 1. The first-order valence-corrected chi connectivity index (χ1v) is 7.33. The molecule has 1 aromatic heterocycles. The Balaban J connectivity index is 1.81. The fourth-order valence-electron chi connectivity index (χ4n) is 2.45. The fourth-order valence-corrected chi connectivity index (χ4v) is 2.45. The molecular formula is C17H15F3N2O2. The van der Waals surface area contributed by atoms with E-state index in [9.17, 15) is 18.3 Å². The van der Waals surface area contributed by atoms with Crippen molar-refractivity contribution in [2.24, 2.45) is 0 Å². The average Bonchev–Trinajstić information content (AvgIpc) is 2.93. The molecular weight excluding hydrogens is 321 g/mol. The number of hydrogen-bond donors (Lipinski definition) is 1. The molecule has 0 amide bonds. The van der Waals surface area contributed by atoms with Crippen LogP contribution in [0.15, 0.2) is 54.6 Å². The number of alkyl halides is 3. The smallest absolute Gasteiger partial charge is 0.449 e. The van der Waals surface area contributed by atoms with E-state index in [1.807, 2.05) is 6.07 Å². The Bertz CT molecular complexity index is 816. The van der Waals surface area contributed by atoms with Crippen LogP contribution in [0, 0.1) is 0 Å². The summed E-state index contributed by atoms with van der Waals surface area (Å²) in [7, 11) is 0. The third-order valence-electron chi connectivity index (χ3n) is 3.49. The lowest BCUT2D eigenvalue weighted by Crippen LogP contribution is -2.26. The summed E-state index contributed by atoms with van der Waals surface area (Å²) >= 11 is 0. The van der Waals surface area contributed by atoms with Crippen LogP contribution in [0.1, 0.15) is 5.82 Å². The molecule has 0 aliphatic carbocycles. The van der Waals surface area contributed by atoms with Crippen molar-refractivity contribution in [1.29, 1.82) is 0 Å². The summed E-state index contributed by atoms with van der Waals surface area (Å²) in [5, 5.41) is 10.1. The van der Waals surface area contributed by atoms with Crippen LogP contribution in [0.5, 0.6) is 5.75 Å². The molecule has 0 fully saturated rings. The van der Waals surface area contributed by atoms with E-state index in [2.05, 4.69) is 4.98 Å². The van der Waals surface area contributed by atoms with E-state index in [0.717, 1.165) is 4.57 Å². The SMILES string of the molecule is OC(COc1ccccc1)Cn1c(C(F)(F)F)nc2ccccc21. The summed E-state index contributed by atoms with van der Waals surface area (Å²) in [6.45, 7) is -0.379. The maximum atomic E-state index is 13.2. The number of halogens is 3. The van der Waals surface area contributed by atoms with Gasteiger partial charge < -0.3 is 14.4 Å². The van der Waals surface area contributed by atoms with Crippen LogP contribution in [-0.4, -0.2) is 27.4 Å². The lowest BCUT2D eigenvalue weighted by Gasteiger charge is -2.16. The van der Waals surface area contributed by atoms with Crippen molar-refractivity contribution in [1.82, 2.24) is 9.55 Å². The van der Waals surface area contributed by atoms with Gasteiger partial charge in [0, 0.05) is 0 Å². The standard InChI is InChI=1S/C17H15F3N2O2/c18-17(19,20)16-21-14-8-4-5-9-15(14)22(16)10-12(23)11-24-13-6-2-1-3-7-13/h1-9,12,23H,10-11H2. The zero-order valence-electron chi connectivity index (χ0n) is 12.6. The van der Waals surface area contributed by atoms with Crippen molar-refractivity contribution in [3.8, 4) is 5.75 Å². The molecule has 0 aliphatic heterocycles. The van der Waals surface area contributed by atoms with E-state index < -0.39 is 18.1 Å². The van der Waals surface area contributed by atoms with Crippen LogP contribution < -0.4 is 4.74 Å². The number of aliphatic hydroxyl groups is 1. The van der Waals surface area contributed by atoms with Crippen molar-refractivity contribution in [2.45, 2.75) is 18.8 Å². The Kier molecular flexibility index (Phi) is 4.44. The second-order valence-electron chi connectivity index (χ2n) is 5.31. The minimum absolute atomic E-state index is 0.117. The van der Waals surface area contributed by atoms with E-state index in [-0.39, 0.29) is 18.7 Å². The van der Waals surface area contributed by atoms with E-state index in [4.69, 9.17) is 4.74 Å². The monoisotopic (exact) mass is 336 g/mol. The van der Waals surface area contributed by atoms with Gasteiger partial charge in [0.05, 0.1) is 17.6 Å². The van der Waals surface area contributed by atoms with Gasteiger partial charge in [0.2, 0.25) is 5.82 Å². The Hall–Kier alpha value is -2.54. The topological polar surface area (TPSA) is 47.3 Å². The minimum atomic E-state index is -4.60. The van der Waals surface area contributed by atoms with Gasteiger partial charge in [-0.15, -0.1) is 0 Å². The first-order chi connectivity index (χ1) is 11.4. The van der Waals surface area contributed by atoms with Crippen LogP contribution in [0.3, 0.4) is 0 Å². The van der Waals surface area contributed by atoms with Gasteiger partial charge in [-0.1, -0.05) is 30.3 Å². The molecule has 1 unspecified atom stereocenters.